The summed E-state index contributed by atoms with van der Waals surface area (Å²) in [6, 6.07) is 6.75. The van der Waals surface area contributed by atoms with Gasteiger partial charge in [-0.25, -0.2) is 0 Å². The van der Waals surface area contributed by atoms with E-state index in [1.807, 2.05) is 18.2 Å². The van der Waals surface area contributed by atoms with E-state index in [4.69, 9.17) is 9.47 Å². The fraction of sp³-hybridized carbons (Fsp3) is 0.682. The Kier molecular flexibility index (Phi) is 7.00. The first-order valence-electron chi connectivity index (χ1n) is 10.3. The van der Waals surface area contributed by atoms with Crippen LogP contribution in [0.25, 0.3) is 0 Å². The first-order chi connectivity index (χ1) is 13.1. The third-order valence-corrected chi connectivity index (χ3v) is 6.29. The van der Waals surface area contributed by atoms with Crippen molar-refractivity contribution in [3.05, 3.63) is 23.8 Å². The lowest BCUT2D eigenvalue weighted by atomic mass is 9.85. The van der Waals surface area contributed by atoms with Crippen molar-refractivity contribution >= 4 is 5.91 Å². The average molecular weight is 375 g/mol. The molecule has 150 valence electrons. The first-order valence-corrected chi connectivity index (χ1v) is 10.3. The monoisotopic (exact) mass is 374 g/mol. The van der Waals surface area contributed by atoms with Crippen molar-refractivity contribution in [2.75, 3.05) is 27.3 Å². The molecule has 1 aliphatic carbocycles. The van der Waals surface area contributed by atoms with Crippen LogP contribution >= 0.6 is 0 Å². The molecule has 0 bridgehead atoms. The van der Waals surface area contributed by atoms with Crippen molar-refractivity contribution in [2.24, 2.45) is 5.92 Å². The number of amides is 1. The number of benzene rings is 1. The molecule has 5 nitrogen and oxygen atoms in total. The molecule has 1 saturated heterocycles. The molecule has 1 amide bonds. The largest absolute Gasteiger partial charge is 0.497 e. The summed E-state index contributed by atoms with van der Waals surface area (Å²) in [7, 11) is 3.31. The molecule has 2 aliphatic rings. The van der Waals surface area contributed by atoms with Crippen molar-refractivity contribution in [2.45, 2.75) is 64.0 Å². The Balaban J connectivity index is 1.48. The lowest BCUT2D eigenvalue weighted by molar-refractivity contribution is -0.122. The van der Waals surface area contributed by atoms with Crippen LogP contribution in [0.4, 0.5) is 0 Å². The SMILES string of the molecule is COc1ccc(OC)c(CCC(=O)NC(C)C2CCCN(C3CCC3)C2)c1. The molecular weight excluding hydrogens is 340 g/mol. The number of nitrogens with zero attached hydrogens (tertiary/aromatic N) is 1. The van der Waals surface area contributed by atoms with Crippen molar-refractivity contribution in [1.82, 2.24) is 10.2 Å². The number of piperidine rings is 1. The molecule has 1 saturated carbocycles. The Hall–Kier alpha value is -1.75. The second kappa shape index (κ2) is 9.45. The molecule has 27 heavy (non-hydrogen) atoms. The van der Waals surface area contributed by atoms with Crippen LogP contribution in [0.15, 0.2) is 18.2 Å². The Labute approximate surface area is 163 Å². The molecule has 0 radical (unpaired) electrons. The highest BCUT2D eigenvalue weighted by Gasteiger charge is 2.31. The summed E-state index contributed by atoms with van der Waals surface area (Å²) >= 11 is 0. The van der Waals surface area contributed by atoms with Crippen LogP contribution in [0.5, 0.6) is 11.5 Å². The summed E-state index contributed by atoms with van der Waals surface area (Å²) in [5, 5.41) is 3.24. The number of hydrogen-bond donors (Lipinski definition) is 1. The fourth-order valence-corrected chi connectivity index (χ4v) is 4.30. The van der Waals surface area contributed by atoms with Crippen molar-refractivity contribution in [3.63, 3.8) is 0 Å². The summed E-state index contributed by atoms with van der Waals surface area (Å²) in [5.41, 5.74) is 1.01. The maximum atomic E-state index is 12.5. The summed E-state index contributed by atoms with van der Waals surface area (Å²) < 4.78 is 10.7. The Morgan fingerprint density at radius 2 is 2.04 bits per heavy atom. The normalized spacial score (nSPS) is 22.0. The lowest BCUT2D eigenvalue weighted by Gasteiger charge is -2.43. The third-order valence-electron chi connectivity index (χ3n) is 6.29. The quantitative estimate of drug-likeness (QED) is 0.758. The molecule has 0 aromatic heterocycles. The molecule has 0 spiro atoms. The van der Waals surface area contributed by atoms with E-state index in [2.05, 4.69) is 17.1 Å². The number of methoxy groups -OCH3 is 2. The minimum absolute atomic E-state index is 0.119. The van der Waals surface area contributed by atoms with Gasteiger partial charge in [0.15, 0.2) is 0 Å². The van der Waals surface area contributed by atoms with Crippen LogP contribution in [-0.4, -0.2) is 50.2 Å². The van der Waals surface area contributed by atoms with E-state index in [9.17, 15) is 4.79 Å². The van der Waals surface area contributed by atoms with Gasteiger partial charge in [-0.3, -0.25) is 4.79 Å². The topological polar surface area (TPSA) is 50.8 Å². The van der Waals surface area contributed by atoms with Gasteiger partial charge in [0, 0.05) is 25.0 Å². The van der Waals surface area contributed by atoms with Crippen molar-refractivity contribution in [3.8, 4) is 11.5 Å². The Morgan fingerprint density at radius 3 is 2.70 bits per heavy atom. The van der Waals surface area contributed by atoms with Gasteiger partial charge in [0.2, 0.25) is 5.91 Å². The number of hydrogen-bond acceptors (Lipinski definition) is 4. The van der Waals surface area contributed by atoms with Crippen LogP contribution in [0.1, 0.15) is 51.0 Å². The molecule has 1 aliphatic heterocycles. The summed E-state index contributed by atoms with van der Waals surface area (Å²) in [6.45, 7) is 4.53. The van der Waals surface area contributed by atoms with Gasteiger partial charge in [-0.1, -0.05) is 6.42 Å². The Bertz CT molecular complexity index is 630. The Morgan fingerprint density at radius 1 is 1.22 bits per heavy atom. The number of nitrogens with one attached hydrogen (secondary N) is 1. The van der Waals surface area contributed by atoms with Crippen LogP contribution in [0, 0.1) is 5.92 Å². The molecule has 1 heterocycles. The standard InChI is InChI=1S/C22H34N2O3/c1-16(18-6-5-13-24(15-18)19-7-4-8-19)23-22(25)12-9-17-14-20(26-2)10-11-21(17)27-3/h10-11,14,16,18-19H,4-9,12-13,15H2,1-3H3,(H,23,25). The number of rotatable bonds is 8. The summed E-state index contributed by atoms with van der Waals surface area (Å²) in [5.74, 6) is 2.28. The van der Waals surface area contributed by atoms with Gasteiger partial charge in [-0.05, 0) is 75.3 Å². The van der Waals surface area contributed by atoms with E-state index in [1.165, 1.54) is 38.6 Å². The van der Waals surface area contributed by atoms with E-state index in [0.29, 0.717) is 18.8 Å². The van der Waals surface area contributed by atoms with E-state index >= 15 is 0 Å². The highest BCUT2D eigenvalue weighted by atomic mass is 16.5. The van der Waals surface area contributed by atoms with Gasteiger partial charge >= 0.3 is 0 Å². The number of carbonyl (C=O) groups is 1. The van der Waals surface area contributed by atoms with Crippen LogP contribution in [0.3, 0.4) is 0 Å². The van der Waals surface area contributed by atoms with Gasteiger partial charge in [0.05, 0.1) is 14.2 Å². The van der Waals surface area contributed by atoms with Crippen molar-refractivity contribution < 1.29 is 14.3 Å². The molecule has 5 heteroatoms. The predicted molar refractivity (Wildman–Crippen MR) is 107 cm³/mol. The van der Waals surface area contributed by atoms with E-state index in [1.54, 1.807) is 14.2 Å². The number of carbonyl (C=O) groups excluding carboxylic acids is 1. The predicted octanol–water partition coefficient (Wildman–Crippen LogP) is 3.41. The zero-order chi connectivity index (χ0) is 19.2. The number of ether oxygens (including phenoxy) is 2. The second-order valence-electron chi connectivity index (χ2n) is 8.02. The molecule has 2 atom stereocenters. The van der Waals surface area contributed by atoms with Crippen LogP contribution in [-0.2, 0) is 11.2 Å². The molecule has 1 aromatic carbocycles. The minimum atomic E-state index is 0.119. The van der Waals surface area contributed by atoms with Gasteiger partial charge in [0.25, 0.3) is 0 Å². The smallest absolute Gasteiger partial charge is 0.220 e. The summed E-state index contributed by atoms with van der Waals surface area (Å²) in [6.07, 6.45) is 7.68. The van der Waals surface area contributed by atoms with Gasteiger partial charge in [0.1, 0.15) is 11.5 Å². The zero-order valence-corrected chi connectivity index (χ0v) is 17.0. The second-order valence-corrected chi connectivity index (χ2v) is 8.02. The lowest BCUT2D eigenvalue weighted by Crippen LogP contribution is -2.50. The number of aryl methyl sites for hydroxylation is 1. The zero-order valence-electron chi connectivity index (χ0n) is 17.0. The van der Waals surface area contributed by atoms with Crippen molar-refractivity contribution in [1.29, 1.82) is 0 Å². The highest BCUT2D eigenvalue weighted by molar-refractivity contribution is 5.76. The average Bonchev–Trinajstić information content (AvgIpc) is 2.65. The molecule has 1 aromatic rings. The molecule has 1 N–H and O–H groups in total. The maximum absolute atomic E-state index is 12.5. The fourth-order valence-electron chi connectivity index (χ4n) is 4.30. The molecule has 3 rings (SSSR count). The first kappa shape index (κ1) is 20.0. The van der Waals surface area contributed by atoms with Crippen LogP contribution < -0.4 is 14.8 Å². The van der Waals surface area contributed by atoms with Gasteiger partial charge < -0.3 is 19.7 Å². The maximum Gasteiger partial charge on any atom is 0.220 e. The molecule has 2 unspecified atom stereocenters. The summed E-state index contributed by atoms with van der Waals surface area (Å²) in [4.78, 5) is 15.2. The minimum Gasteiger partial charge on any atom is -0.497 e. The third kappa shape index (κ3) is 5.16. The highest BCUT2D eigenvalue weighted by Crippen LogP contribution is 2.30. The van der Waals surface area contributed by atoms with Gasteiger partial charge in [-0.15, -0.1) is 0 Å². The van der Waals surface area contributed by atoms with E-state index in [0.717, 1.165) is 29.6 Å². The van der Waals surface area contributed by atoms with E-state index < -0.39 is 0 Å². The van der Waals surface area contributed by atoms with E-state index in [-0.39, 0.29) is 11.9 Å². The van der Waals surface area contributed by atoms with Gasteiger partial charge in [-0.2, -0.15) is 0 Å². The van der Waals surface area contributed by atoms with Crippen LogP contribution in [0.2, 0.25) is 0 Å². The molecular formula is C22H34N2O3. The number of likely N-dealkylation sites (tertiary alicyclic amines) is 1. The molecule has 2 fully saturated rings.